The molecule has 4 aromatic heterocycles. The summed E-state index contributed by atoms with van der Waals surface area (Å²) in [5.74, 6) is 0.581. The monoisotopic (exact) mass is 971 g/mol. The average Bonchev–Trinajstić information content (AvgIpc) is 3.34. The smallest absolute Gasteiger partial charge is 0.313 e. The van der Waals surface area contributed by atoms with E-state index in [1.54, 1.807) is 73.1 Å². The lowest BCUT2D eigenvalue weighted by Gasteiger charge is -2.18. The van der Waals surface area contributed by atoms with E-state index in [0.717, 1.165) is 42.8 Å². The Hall–Kier alpha value is -7.20. The maximum atomic E-state index is 13.0. The van der Waals surface area contributed by atoms with Crippen LogP contribution < -0.4 is 34.3 Å². The van der Waals surface area contributed by atoms with Crippen LogP contribution in [0.5, 0.6) is 11.5 Å². The van der Waals surface area contributed by atoms with Crippen LogP contribution in [0.3, 0.4) is 0 Å². The Morgan fingerprint density at radius 1 is 0.647 bits per heavy atom. The van der Waals surface area contributed by atoms with Crippen LogP contribution in [0.25, 0.3) is 0 Å². The third-order valence-electron chi connectivity index (χ3n) is 9.77. The summed E-state index contributed by atoms with van der Waals surface area (Å²) in [5, 5.41) is 25.2. The molecule has 6 N–H and O–H groups in total. The molecule has 19 nitrogen and oxygen atoms in total. The second kappa shape index (κ2) is 26.8. The Morgan fingerprint density at radius 2 is 1.21 bits per heavy atom. The minimum Gasteiger partial charge on any atom is -0.494 e. The number of benzene rings is 2. The van der Waals surface area contributed by atoms with Crippen molar-refractivity contribution in [2.75, 3.05) is 44.0 Å². The summed E-state index contributed by atoms with van der Waals surface area (Å²) in [6.07, 6.45) is 11.9. The van der Waals surface area contributed by atoms with Crippen LogP contribution in [0, 0.1) is 0 Å². The van der Waals surface area contributed by atoms with Gasteiger partial charge in [-0.15, -0.1) is 0 Å². The Labute approximate surface area is 395 Å². The van der Waals surface area contributed by atoms with Crippen molar-refractivity contribution in [1.82, 2.24) is 24.4 Å². The summed E-state index contributed by atoms with van der Waals surface area (Å²) >= 11 is 0. The van der Waals surface area contributed by atoms with Crippen molar-refractivity contribution in [3.63, 3.8) is 0 Å². The number of esters is 1. The third kappa shape index (κ3) is 17.5. The van der Waals surface area contributed by atoms with Crippen molar-refractivity contribution in [3.05, 3.63) is 158 Å². The number of carboxylic acid groups (broad SMARTS) is 1. The SMILES string of the molecule is COC(=O)CC(NS(=O)(=O)c1cccc(OCCCCNc2cccc[n+]2O)c1)c1cccnc1.O=C(O)CC(NS(=O)(=O)c1cccc(OCCCCNc2ccccn2)c1)c1cccnc1. The Morgan fingerprint density at radius 3 is 1.71 bits per heavy atom. The number of ether oxygens (including phenoxy) is 3. The molecule has 0 aliphatic heterocycles. The normalized spacial score (nSPS) is 12.1. The van der Waals surface area contributed by atoms with E-state index in [0.29, 0.717) is 48.2 Å². The lowest BCUT2D eigenvalue weighted by atomic mass is 10.1. The number of sulfonamides is 2. The molecule has 0 saturated carbocycles. The first-order chi connectivity index (χ1) is 32.8. The zero-order valence-corrected chi connectivity index (χ0v) is 38.9. The second-order valence-corrected chi connectivity index (χ2v) is 18.3. The number of anilines is 2. The van der Waals surface area contributed by atoms with E-state index < -0.39 is 50.5 Å². The number of carbonyl (C=O) groups is 2. The predicted octanol–water partition coefficient (Wildman–Crippen LogP) is 5.70. The number of nitrogens with zero attached hydrogens (tertiary/aromatic N) is 4. The van der Waals surface area contributed by atoms with Crippen molar-refractivity contribution < 1.29 is 55.7 Å². The quantitative estimate of drug-likeness (QED) is 0.0165. The van der Waals surface area contributed by atoms with E-state index in [9.17, 15) is 36.7 Å². The van der Waals surface area contributed by atoms with Crippen molar-refractivity contribution >= 4 is 43.6 Å². The van der Waals surface area contributed by atoms with Crippen LogP contribution >= 0.6 is 0 Å². The number of carboxylic acids is 1. The molecule has 0 radical (unpaired) electrons. The van der Waals surface area contributed by atoms with Gasteiger partial charge in [0.25, 0.3) is 0 Å². The van der Waals surface area contributed by atoms with E-state index in [1.807, 2.05) is 24.3 Å². The van der Waals surface area contributed by atoms with Gasteiger partial charge in [-0.3, -0.25) is 24.9 Å². The van der Waals surface area contributed by atoms with E-state index in [-0.39, 0.29) is 16.2 Å². The summed E-state index contributed by atoms with van der Waals surface area (Å²) in [4.78, 5) is 35.3. The van der Waals surface area contributed by atoms with E-state index in [1.165, 1.54) is 56.2 Å². The Bertz CT molecular complexity index is 2710. The molecular weight excluding hydrogens is 917 g/mol. The molecule has 0 spiro atoms. The maximum Gasteiger partial charge on any atom is 0.313 e. The molecule has 68 heavy (non-hydrogen) atoms. The highest BCUT2D eigenvalue weighted by Gasteiger charge is 2.26. The number of aliphatic carboxylic acids is 1. The lowest BCUT2D eigenvalue weighted by Crippen LogP contribution is -2.33. The highest BCUT2D eigenvalue weighted by Crippen LogP contribution is 2.25. The number of hydrogen-bond donors (Lipinski definition) is 6. The second-order valence-electron chi connectivity index (χ2n) is 14.9. The number of rotatable bonds is 26. The van der Waals surface area contributed by atoms with Crippen molar-refractivity contribution in [2.24, 2.45) is 0 Å². The van der Waals surface area contributed by atoms with Gasteiger partial charge in [0.15, 0.2) is 0 Å². The van der Waals surface area contributed by atoms with Gasteiger partial charge in [0, 0.05) is 55.7 Å². The number of pyridine rings is 4. The van der Waals surface area contributed by atoms with Crippen molar-refractivity contribution in [2.45, 2.75) is 60.4 Å². The first-order valence-electron chi connectivity index (χ1n) is 21.5. The number of hydrogen-bond acceptors (Lipinski definition) is 15. The van der Waals surface area contributed by atoms with Gasteiger partial charge in [0.2, 0.25) is 20.0 Å². The molecule has 6 aromatic rings. The molecule has 2 unspecified atom stereocenters. The molecule has 0 aliphatic rings. The van der Waals surface area contributed by atoms with Crippen molar-refractivity contribution in [3.8, 4) is 11.5 Å². The molecule has 2 atom stereocenters. The fraction of sp³-hybridized carbons (Fsp3) is 0.277. The third-order valence-corrected chi connectivity index (χ3v) is 12.7. The van der Waals surface area contributed by atoms with E-state index in [2.05, 4.69) is 35.0 Å². The van der Waals surface area contributed by atoms with Crippen LogP contribution in [-0.4, -0.2) is 87.5 Å². The largest absolute Gasteiger partial charge is 0.494 e. The fourth-order valence-electron chi connectivity index (χ4n) is 6.33. The molecule has 0 bridgehead atoms. The topological polar surface area (TPSA) is 261 Å². The van der Waals surface area contributed by atoms with Gasteiger partial charge in [-0.25, -0.2) is 31.3 Å². The number of nitrogens with one attached hydrogen (secondary N) is 4. The lowest BCUT2D eigenvalue weighted by molar-refractivity contribution is -0.893. The van der Waals surface area contributed by atoms with Crippen LogP contribution in [0.15, 0.2) is 156 Å². The first-order valence-corrected chi connectivity index (χ1v) is 24.5. The van der Waals surface area contributed by atoms with Gasteiger partial charge in [0.05, 0.1) is 61.6 Å². The minimum atomic E-state index is -3.98. The van der Waals surface area contributed by atoms with E-state index in [4.69, 9.17) is 14.2 Å². The number of unbranched alkanes of at least 4 members (excludes halogenated alkanes) is 2. The van der Waals surface area contributed by atoms with Gasteiger partial charge < -0.3 is 29.8 Å². The summed E-state index contributed by atoms with van der Waals surface area (Å²) in [7, 11) is -6.69. The van der Waals surface area contributed by atoms with Gasteiger partial charge in [0.1, 0.15) is 23.5 Å². The zero-order chi connectivity index (χ0) is 48.6. The summed E-state index contributed by atoms with van der Waals surface area (Å²) < 4.78 is 74.1. The molecule has 0 amide bonds. The van der Waals surface area contributed by atoms with Crippen LogP contribution in [-0.2, 0) is 34.4 Å². The first kappa shape index (κ1) is 51.8. The molecule has 0 fully saturated rings. The predicted molar refractivity (Wildman–Crippen MR) is 251 cm³/mol. The highest BCUT2D eigenvalue weighted by molar-refractivity contribution is 7.89. The highest BCUT2D eigenvalue weighted by atomic mass is 32.2. The van der Waals surface area contributed by atoms with Gasteiger partial charge in [-0.05, 0) is 91.4 Å². The summed E-state index contributed by atoms with van der Waals surface area (Å²) in [5.41, 5.74) is 1.01. The maximum absolute atomic E-state index is 13.0. The summed E-state index contributed by atoms with van der Waals surface area (Å²) in [6.45, 7) is 2.21. The number of aromatic nitrogens is 4. The molecule has 0 saturated heterocycles. The van der Waals surface area contributed by atoms with Gasteiger partial charge >= 0.3 is 17.8 Å². The molecule has 0 aliphatic carbocycles. The molecule has 21 heteroatoms. The van der Waals surface area contributed by atoms with Crippen LogP contribution in [0.1, 0.15) is 61.7 Å². The number of methoxy groups -OCH3 is 1. The van der Waals surface area contributed by atoms with E-state index >= 15 is 0 Å². The Balaban J connectivity index is 0.000000255. The van der Waals surface area contributed by atoms with Gasteiger partial charge in [-0.1, -0.05) is 41.1 Å². The molecular formula is C47H55N8O11S2+. The van der Waals surface area contributed by atoms with Crippen LogP contribution in [0.2, 0.25) is 0 Å². The summed E-state index contributed by atoms with van der Waals surface area (Å²) in [6, 6.07) is 28.1. The fourth-order valence-corrected chi connectivity index (χ4v) is 8.84. The van der Waals surface area contributed by atoms with Gasteiger partial charge in [-0.2, -0.15) is 0 Å². The van der Waals surface area contributed by atoms with Crippen molar-refractivity contribution in [1.29, 1.82) is 0 Å². The van der Waals surface area contributed by atoms with Crippen LogP contribution in [0.4, 0.5) is 11.6 Å². The molecule has 6 rings (SSSR count). The molecule has 4 heterocycles. The molecule has 360 valence electrons. The Kier molecular flexibility index (Phi) is 20.4. The molecule has 2 aromatic carbocycles. The minimum absolute atomic E-state index is 0.00361. The zero-order valence-electron chi connectivity index (χ0n) is 37.3. The standard InChI is InChI=1S/C24H28N4O6S.C23H26N4O5S/c1-33-24(29)17-22(19-8-7-12-25-18-19)27-35(31,32)21-10-6-9-20(16-21)34-15-5-3-13-26-23-11-2-4-14-28(23)30;28-23(29)16-21(18-7-6-11-24-17-18)27-33(30,31)20-9-5-8-19(15-20)32-14-4-3-13-26-22-10-1-2-12-25-22/h2,4,6-12,14,16,18,22,27,30H,3,5,13,15,17H2,1H3;1-2,5-12,15,17,21,27H,3-4,13-14,16H2,(H,25,26)(H,28,29)/p+1. The average molecular weight is 972 g/mol. The number of carbonyl (C=O) groups excluding carboxylic acids is 1.